The third kappa shape index (κ3) is 2.93. The molecule has 0 N–H and O–H groups in total. The first-order chi connectivity index (χ1) is 9.19. The topological polar surface area (TPSA) is 40.6 Å². The molecule has 0 aromatic heterocycles. The highest BCUT2D eigenvalue weighted by Crippen LogP contribution is 2.25. The van der Waals surface area contributed by atoms with Crippen molar-refractivity contribution in [3.8, 4) is 0 Å². The van der Waals surface area contributed by atoms with Gasteiger partial charge in [0.1, 0.15) is 6.04 Å². The first-order valence-corrected chi connectivity index (χ1v) is 7.79. The Balaban J connectivity index is 2.17. The van der Waals surface area contributed by atoms with Gasteiger partial charge in [0.15, 0.2) is 0 Å². The minimum Gasteiger partial charge on any atom is -0.337 e. The van der Waals surface area contributed by atoms with Crippen LogP contribution in [0.3, 0.4) is 0 Å². The van der Waals surface area contributed by atoms with Crippen LogP contribution in [0.4, 0.5) is 0 Å². The SMILES string of the molecule is CCCC(CC)N1CCC(=O)N2CCCCC2C1=O. The van der Waals surface area contributed by atoms with E-state index in [-0.39, 0.29) is 17.9 Å². The Morgan fingerprint density at radius 1 is 1.21 bits per heavy atom. The molecule has 108 valence electrons. The zero-order valence-corrected chi connectivity index (χ0v) is 12.2. The third-order valence-electron chi connectivity index (χ3n) is 4.49. The fraction of sp³-hybridized carbons (Fsp3) is 0.867. The number of carbonyl (C=O) groups is 2. The standard InChI is InChI=1S/C15H26N2O2/c1-3-7-12(4-2)16-11-9-14(18)17-10-6-5-8-13(17)15(16)19/h12-13H,3-11H2,1-2H3. The van der Waals surface area contributed by atoms with Crippen molar-refractivity contribution >= 4 is 11.8 Å². The monoisotopic (exact) mass is 266 g/mol. The number of carbonyl (C=O) groups excluding carboxylic acids is 2. The van der Waals surface area contributed by atoms with Gasteiger partial charge in [-0.3, -0.25) is 9.59 Å². The smallest absolute Gasteiger partial charge is 0.245 e. The summed E-state index contributed by atoms with van der Waals surface area (Å²) in [4.78, 5) is 28.7. The van der Waals surface area contributed by atoms with Crippen LogP contribution in [0.5, 0.6) is 0 Å². The first-order valence-electron chi connectivity index (χ1n) is 7.79. The molecule has 2 atom stereocenters. The number of rotatable bonds is 4. The third-order valence-corrected chi connectivity index (χ3v) is 4.49. The summed E-state index contributed by atoms with van der Waals surface area (Å²) in [5.41, 5.74) is 0. The van der Waals surface area contributed by atoms with Crippen molar-refractivity contribution in [1.82, 2.24) is 9.80 Å². The fourth-order valence-corrected chi connectivity index (χ4v) is 3.42. The van der Waals surface area contributed by atoms with Gasteiger partial charge in [-0.2, -0.15) is 0 Å². The van der Waals surface area contributed by atoms with E-state index in [0.717, 1.165) is 45.1 Å². The highest BCUT2D eigenvalue weighted by molar-refractivity contribution is 5.90. The molecule has 2 aliphatic rings. The van der Waals surface area contributed by atoms with Crippen molar-refractivity contribution in [2.24, 2.45) is 0 Å². The van der Waals surface area contributed by atoms with E-state index in [4.69, 9.17) is 0 Å². The van der Waals surface area contributed by atoms with Gasteiger partial charge in [0.05, 0.1) is 0 Å². The van der Waals surface area contributed by atoms with Gasteiger partial charge in [-0.1, -0.05) is 20.3 Å². The van der Waals surface area contributed by atoms with E-state index in [1.54, 1.807) is 0 Å². The molecular formula is C15H26N2O2. The number of hydrogen-bond donors (Lipinski definition) is 0. The Labute approximate surface area is 116 Å². The van der Waals surface area contributed by atoms with Gasteiger partial charge >= 0.3 is 0 Å². The minimum atomic E-state index is -0.172. The molecule has 0 aromatic rings. The predicted molar refractivity (Wildman–Crippen MR) is 74.7 cm³/mol. The molecule has 2 heterocycles. The molecule has 2 fully saturated rings. The number of fused-ring (bicyclic) bond motifs is 1. The van der Waals surface area contributed by atoms with E-state index in [1.807, 2.05) is 9.80 Å². The average Bonchev–Trinajstić information content (AvgIpc) is 2.56. The maximum absolute atomic E-state index is 12.7. The quantitative estimate of drug-likeness (QED) is 0.782. The Hall–Kier alpha value is -1.06. The summed E-state index contributed by atoms with van der Waals surface area (Å²) in [5, 5.41) is 0. The molecule has 2 rings (SSSR count). The lowest BCUT2D eigenvalue weighted by molar-refractivity contribution is -0.144. The number of piperidine rings is 1. The molecule has 0 saturated carbocycles. The average molecular weight is 266 g/mol. The maximum atomic E-state index is 12.7. The summed E-state index contributed by atoms with van der Waals surface area (Å²) in [6.45, 7) is 5.68. The zero-order chi connectivity index (χ0) is 13.8. The van der Waals surface area contributed by atoms with Gasteiger partial charge in [-0.25, -0.2) is 0 Å². The highest BCUT2D eigenvalue weighted by Gasteiger charge is 2.39. The largest absolute Gasteiger partial charge is 0.337 e. The number of hydrogen-bond acceptors (Lipinski definition) is 2. The summed E-state index contributed by atoms with van der Waals surface area (Å²) < 4.78 is 0. The van der Waals surface area contributed by atoms with E-state index < -0.39 is 0 Å². The van der Waals surface area contributed by atoms with Crippen LogP contribution in [0.25, 0.3) is 0 Å². The van der Waals surface area contributed by atoms with Crippen molar-refractivity contribution in [2.45, 2.75) is 70.9 Å². The summed E-state index contributed by atoms with van der Waals surface area (Å²) in [7, 11) is 0. The normalized spacial score (nSPS) is 26.1. The molecule has 2 aliphatic heterocycles. The van der Waals surface area contributed by atoms with Gasteiger partial charge in [0.2, 0.25) is 11.8 Å². The maximum Gasteiger partial charge on any atom is 0.245 e. The van der Waals surface area contributed by atoms with Gasteiger partial charge in [-0.05, 0) is 32.1 Å². The molecule has 4 nitrogen and oxygen atoms in total. The Bertz CT molecular complexity index is 343. The molecule has 4 heteroatoms. The Morgan fingerprint density at radius 3 is 2.68 bits per heavy atom. The Morgan fingerprint density at radius 2 is 2.00 bits per heavy atom. The summed E-state index contributed by atoms with van der Waals surface area (Å²) in [6, 6.07) is 0.141. The minimum absolute atomic E-state index is 0.172. The second-order valence-corrected chi connectivity index (χ2v) is 5.73. The molecular weight excluding hydrogens is 240 g/mol. The van der Waals surface area contributed by atoms with Crippen LogP contribution in [0.15, 0.2) is 0 Å². The molecule has 2 amide bonds. The predicted octanol–water partition coefficient (Wildman–Crippen LogP) is 2.18. The lowest BCUT2D eigenvalue weighted by Crippen LogP contribution is -2.51. The second-order valence-electron chi connectivity index (χ2n) is 5.73. The number of amides is 2. The first kappa shape index (κ1) is 14.4. The van der Waals surface area contributed by atoms with E-state index in [2.05, 4.69) is 13.8 Å². The Kier molecular flexibility index (Phi) is 4.83. The van der Waals surface area contributed by atoms with Gasteiger partial charge < -0.3 is 9.80 Å². The summed E-state index contributed by atoms with van der Waals surface area (Å²) in [6.07, 6.45) is 6.58. The van der Waals surface area contributed by atoms with E-state index >= 15 is 0 Å². The van der Waals surface area contributed by atoms with Crippen LogP contribution >= 0.6 is 0 Å². The van der Waals surface area contributed by atoms with Gasteiger partial charge in [-0.15, -0.1) is 0 Å². The lowest BCUT2D eigenvalue weighted by Gasteiger charge is -2.36. The van der Waals surface area contributed by atoms with Crippen molar-refractivity contribution in [1.29, 1.82) is 0 Å². The zero-order valence-electron chi connectivity index (χ0n) is 12.2. The molecule has 19 heavy (non-hydrogen) atoms. The number of nitrogens with zero attached hydrogens (tertiary/aromatic N) is 2. The molecule has 2 unspecified atom stereocenters. The highest BCUT2D eigenvalue weighted by atomic mass is 16.2. The van der Waals surface area contributed by atoms with Crippen LogP contribution in [-0.2, 0) is 9.59 Å². The fourth-order valence-electron chi connectivity index (χ4n) is 3.42. The second kappa shape index (κ2) is 6.40. The summed E-state index contributed by atoms with van der Waals surface area (Å²) in [5.74, 6) is 0.373. The van der Waals surface area contributed by atoms with E-state index in [0.29, 0.717) is 19.0 Å². The van der Waals surface area contributed by atoms with Gasteiger partial charge in [0, 0.05) is 25.6 Å². The summed E-state index contributed by atoms with van der Waals surface area (Å²) >= 11 is 0. The van der Waals surface area contributed by atoms with Crippen molar-refractivity contribution in [2.75, 3.05) is 13.1 Å². The van der Waals surface area contributed by atoms with Crippen LogP contribution in [0.2, 0.25) is 0 Å². The van der Waals surface area contributed by atoms with Crippen LogP contribution in [-0.4, -0.2) is 46.8 Å². The van der Waals surface area contributed by atoms with Crippen molar-refractivity contribution in [3.63, 3.8) is 0 Å². The molecule has 0 bridgehead atoms. The lowest BCUT2D eigenvalue weighted by atomic mass is 10.00. The van der Waals surface area contributed by atoms with E-state index in [9.17, 15) is 9.59 Å². The van der Waals surface area contributed by atoms with E-state index in [1.165, 1.54) is 0 Å². The van der Waals surface area contributed by atoms with Crippen molar-refractivity contribution in [3.05, 3.63) is 0 Å². The van der Waals surface area contributed by atoms with Crippen LogP contribution in [0, 0.1) is 0 Å². The van der Waals surface area contributed by atoms with Crippen LogP contribution in [0.1, 0.15) is 58.8 Å². The molecule has 0 radical (unpaired) electrons. The van der Waals surface area contributed by atoms with Crippen LogP contribution < -0.4 is 0 Å². The van der Waals surface area contributed by atoms with Crippen molar-refractivity contribution < 1.29 is 9.59 Å². The van der Waals surface area contributed by atoms with Gasteiger partial charge in [0.25, 0.3) is 0 Å². The molecule has 2 saturated heterocycles. The molecule has 0 aliphatic carbocycles. The molecule has 0 spiro atoms. The molecule has 0 aromatic carbocycles.